The van der Waals surface area contributed by atoms with E-state index in [9.17, 15) is 0 Å². The molecule has 1 aromatic rings. The molecule has 0 radical (unpaired) electrons. The van der Waals surface area contributed by atoms with Gasteiger partial charge in [-0.2, -0.15) is 0 Å². The molecular weight excluding hydrogens is 188 g/mol. The van der Waals surface area contributed by atoms with Gasteiger partial charge in [-0.25, -0.2) is 0 Å². The normalized spacial score (nSPS) is 32.1. The zero-order chi connectivity index (χ0) is 10.5. The van der Waals surface area contributed by atoms with Crippen molar-refractivity contribution in [1.29, 1.82) is 0 Å². The maximum atomic E-state index is 5.89. The summed E-state index contributed by atoms with van der Waals surface area (Å²) in [5.41, 5.74) is 2.83. The third kappa shape index (κ3) is 1.58. The lowest BCUT2D eigenvalue weighted by Crippen LogP contribution is -2.31. The van der Waals surface area contributed by atoms with E-state index in [4.69, 9.17) is 9.47 Å². The molecule has 0 amide bonds. The molecule has 2 nitrogen and oxygen atoms in total. The van der Waals surface area contributed by atoms with Gasteiger partial charge in [0.2, 0.25) is 0 Å². The van der Waals surface area contributed by atoms with Crippen molar-refractivity contribution in [1.82, 2.24) is 0 Å². The monoisotopic (exact) mass is 204 g/mol. The molecule has 0 spiro atoms. The number of hydrogen-bond donors (Lipinski definition) is 0. The highest BCUT2D eigenvalue weighted by Gasteiger charge is 2.43. The summed E-state index contributed by atoms with van der Waals surface area (Å²) in [5.74, 6) is -0.405. The van der Waals surface area contributed by atoms with Crippen LogP contribution in [0, 0.1) is 0 Å². The average molecular weight is 204 g/mol. The molecule has 1 saturated heterocycles. The minimum absolute atomic E-state index is 0.245. The van der Waals surface area contributed by atoms with Crippen LogP contribution in [0.25, 0.3) is 0 Å². The fourth-order valence-electron chi connectivity index (χ4n) is 2.64. The summed E-state index contributed by atoms with van der Waals surface area (Å²) in [4.78, 5) is 0. The van der Waals surface area contributed by atoms with Crippen LogP contribution in [0.3, 0.4) is 0 Å². The molecule has 1 heterocycles. The first-order chi connectivity index (χ1) is 7.14. The Balaban J connectivity index is 1.90. The SMILES string of the molecule is CC1(C)O[C@@H]2Cc3ccccc3C[C@H]2O1. The fourth-order valence-corrected chi connectivity index (χ4v) is 2.64. The van der Waals surface area contributed by atoms with Gasteiger partial charge in [0.25, 0.3) is 0 Å². The molecule has 1 aliphatic carbocycles. The maximum Gasteiger partial charge on any atom is 0.163 e. The number of rotatable bonds is 0. The largest absolute Gasteiger partial charge is 0.344 e. The molecule has 80 valence electrons. The van der Waals surface area contributed by atoms with Gasteiger partial charge >= 0.3 is 0 Å². The zero-order valence-corrected chi connectivity index (χ0v) is 9.19. The molecule has 0 N–H and O–H groups in total. The van der Waals surface area contributed by atoms with E-state index in [0.29, 0.717) is 0 Å². The van der Waals surface area contributed by atoms with Crippen LogP contribution in [0.15, 0.2) is 24.3 Å². The Labute approximate surface area is 90.2 Å². The first-order valence-electron chi connectivity index (χ1n) is 5.56. The van der Waals surface area contributed by atoms with Crippen LogP contribution in [0.2, 0.25) is 0 Å². The molecule has 0 unspecified atom stereocenters. The Morgan fingerprint density at radius 1 is 1.00 bits per heavy atom. The lowest BCUT2D eigenvalue weighted by molar-refractivity contribution is -0.145. The minimum Gasteiger partial charge on any atom is -0.344 e. The van der Waals surface area contributed by atoms with Crippen molar-refractivity contribution in [2.75, 3.05) is 0 Å². The van der Waals surface area contributed by atoms with E-state index in [1.807, 2.05) is 13.8 Å². The predicted octanol–water partition coefficient (Wildman–Crippen LogP) is 2.31. The van der Waals surface area contributed by atoms with Crippen molar-refractivity contribution in [3.8, 4) is 0 Å². The number of benzene rings is 1. The predicted molar refractivity (Wildman–Crippen MR) is 57.7 cm³/mol. The summed E-state index contributed by atoms with van der Waals surface area (Å²) in [5, 5.41) is 0. The van der Waals surface area contributed by atoms with Gasteiger partial charge in [0.1, 0.15) is 0 Å². The third-order valence-corrected chi connectivity index (χ3v) is 3.25. The van der Waals surface area contributed by atoms with Gasteiger partial charge in [-0.3, -0.25) is 0 Å². The third-order valence-electron chi connectivity index (χ3n) is 3.25. The Kier molecular flexibility index (Phi) is 1.91. The highest BCUT2D eigenvalue weighted by atomic mass is 16.7. The van der Waals surface area contributed by atoms with Crippen LogP contribution < -0.4 is 0 Å². The van der Waals surface area contributed by atoms with Crippen LogP contribution in [-0.2, 0) is 22.3 Å². The molecular formula is C13H16O2. The van der Waals surface area contributed by atoms with Crippen LogP contribution in [0.1, 0.15) is 25.0 Å². The van der Waals surface area contributed by atoms with E-state index in [2.05, 4.69) is 24.3 Å². The molecule has 15 heavy (non-hydrogen) atoms. The van der Waals surface area contributed by atoms with Crippen molar-refractivity contribution < 1.29 is 9.47 Å². The molecule has 2 aliphatic rings. The molecule has 0 saturated carbocycles. The molecule has 3 rings (SSSR count). The van der Waals surface area contributed by atoms with Gasteiger partial charge in [-0.15, -0.1) is 0 Å². The molecule has 2 heteroatoms. The molecule has 1 fully saturated rings. The molecule has 1 aliphatic heterocycles. The Morgan fingerprint density at radius 2 is 1.47 bits per heavy atom. The van der Waals surface area contributed by atoms with Crippen molar-refractivity contribution in [2.24, 2.45) is 0 Å². The summed E-state index contributed by atoms with van der Waals surface area (Å²) >= 11 is 0. The lowest BCUT2D eigenvalue weighted by Gasteiger charge is -2.24. The first kappa shape index (κ1) is 9.37. The lowest BCUT2D eigenvalue weighted by atomic mass is 9.88. The first-order valence-corrected chi connectivity index (χ1v) is 5.56. The van der Waals surface area contributed by atoms with Gasteiger partial charge < -0.3 is 9.47 Å². The minimum atomic E-state index is -0.405. The summed E-state index contributed by atoms with van der Waals surface area (Å²) in [6, 6.07) is 8.58. The molecule has 1 aromatic carbocycles. The molecule has 2 atom stereocenters. The number of fused-ring (bicyclic) bond motifs is 2. The van der Waals surface area contributed by atoms with E-state index in [-0.39, 0.29) is 12.2 Å². The van der Waals surface area contributed by atoms with Crippen LogP contribution in [-0.4, -0.2) is 18.0 Å². The Morgan fingerprint density at radius 3 is 1.93 bits per heavy atom. The fraction of sp³-hybridized carbons (Fsp3) is 0.538. The smallest absolute Gasteiger partial charge is 0.163 e. The highest BCUT2D eigenvalue weighted by molar-refractivity contribution is 5.31. The van der Waals surface area contributed by atoms with Crippen LogP contribution >= 0.6 is 0 Å². The van der Waals surface area contributed by atoms with E-state index >= 15 is 0 Å². The average Bonchev–Trinajstić information content (AvgIpc) is 2.46. The van der Waals surface area contributed by atoms with Crippen LogP contribution in [0.4, 0.5) is 0 Å². The number of hydrogen-bond acceptors (Lipinski definition) is 2. The van der Waals surface area contributed by atoms with Crippen molar-refractivity contribution in [2.45, 2.75) is 44.7 Å². The van der Waals surface area contributed by atoms with Gasteiger partial charge in [0, 0.05) is 12.8 Å². The number of ether oxygens (including phenoxy) is 2. The Hall–Kier alpha value is -0.860. The molecule has 0 bridgehead atoms. The second-order valence-corrected chi connectivity index (χ2v) is 4.89. The van der Waals surface area contributed by atoms with Gasteiger partial charge in [-0.1, -0.05) is 24.3 Å². The van der Waals surface area contributed by atoms with Crippen molar-refractivity contribution >= 4 is 0 Å². The van der Waals surface area contributed by atoms with E-state index in [1.54, 1.807) is 0 Å². The van der Waals surface area contributed by atoms with Gasteiger partial charge in [-0.05, 0) is 25.0 Å². The standard InChI is InChI=1S/C13H16O2/c1-13(2)14-11-7-9-5-3-4-6-10(9)8-12(11)15-13/h3-6,11-12H,7-8H2,1-2H3/t11-,12-/m1/s1. The topological polar surface area (TPSA) is 18.5 Å². The van der Waals surface area contributed by atoms with E-state index in [1.165, 1.54) is 11.1 Å². The summed E-state index contributed by atoms with van der Waals surface area (Å²) in [6.07, 6.45) is 2.47. The van der Waals surface area contributed by atoms with Gasteiger partial charge in [0.05, 0.1) is 12.2 Å². The van der Waals surface area contributed by atoms with Crippen LogP contribution in [0.5, 0.6) is 0 Å². The quantitative estimate of drug-likeness (QED) is 0.645. The maximum absolute atomic E-state index is 5.89. The Bertz CT molecular complexity index is 349. The summed E-state index contributed by atoms with van der Waals surface area (Å²) < 4.78 is 11.8. The summed E-state index contributed by atoms with van der Waals surface area (Å²) in [7, 11) is 0. The second-order valence-electron chi connectivity index (χ2n) is 4.89. The van der Waals surface area contributed by atoms with E-state index in [0.717, 1.165) is 12.8 Å². The van der Waals surface area contributed by atoms with E-state index < -0.39 is 5.79 Å². The van der Waals surface area contributed by atoms with Gasteiger partial charge in [0.15, 0.2) is 5.79 Å². The van der Waals surface area contributed by atoms with Crippen molar-refractivity contribution in [3.05, 3.63) is 35.4 Å². The summed E-state index contributed by atoms with van der Waals surface area (Å²) in [6.45, 7) is 3.99. The van der Waals surface area contributed by atoms with Crippen molar-refractivity contribution in [3.63, 3.8) is 0 Å². The molecule has 0 aromatic heterocycles. The highest BCUT2D eigenvalue weighted by Crippen LogP contribution is 2.35. The zero-order valence-electron chi connectivity index (χ0n) is 9.19. The second kappa shape index (κ2) is 3.06.